The van der Waals surface area contributed by atoms with Crippen molar-refractivity contribution >= 4 is 17.9 Å². The fourth-order valence-electron chi connectivity index (χ4n) is 3.09. The molecule has 0 aromatic heterocycles. The minimum atomic E-state index is -0.759. The number of hydrogen-bond donors (Lipinski definition) is 1. The normalized spacial score (nSPS) is 13.9. The van der Waals surface area contributed by atoms with Crippen molar-refractivity contribution in [1.29, 1.82) is 0 Å². The summed E-state index contributed by atoms with van der Waals surface area (Å²) in [5.74, 6) is -1.08. The summed E-state index contributed by atoms with van der Waals surface area (Å²) in [4.78, 5) is 38.3. The number of halogens is 1. The number of alkyl carbamates (subject to hydrolysis) is 1. The van der Waals surface area contributed by atoms with Crippen LogP contribution >= 0.6 is 0 Å². The predicted octanol–water partition coefficient (Wildman–Crippen LogP) is 3.29. The van der Waals surface area contributed by atoms with Gasteiger partial charge in [-0.1, -0.05) is 30.8 Å². The highest BCUT2D eigenvalue weighted by molar-refractivity contribution is 6.21. The first-order valence-electron chi connectivity index (χ1n) is 8.68. The van der Waals surface area contributed by atoms with Crippen LogP contribution in [0.25, 0.3) is 0 Å². The Morgan fingerprint density at radius 3 is 2.36 bits per heavy atom. The van der Waals surface area contributed by atoms with Crippen LogP contribution in [0, 0.1) is 5.82 Å². The molecule has 7 heteroatoms. The molecule has 0 bridgehead atoms. The van der Waals surface area contributed by atoms with Gasteiger partial charge in [0.25, 0.3) is 11.8 Å². The molecular formula is C21H19FN2O4. The first-order valence-corrected chi connectivity index (χ1v) is 8.68. The lowest BCUT2D eigenvalue weighted by molar-refractivity contribution is 0.0635. The van der Waals surface area contributed by atoms with Crippen LogP contribution in [0.5, 0.6) is 0 Å². The van der Waals surface area contributed by atoms with Gasteiger partial charge in [0.15, 0.2) is 0 Å². The molecule has 1 aliphatic rings. The zero-order chi connectivity index (χ0) is 20.3. The van der Waals surface area contributed by atoms with Gasteiger partial charge in [0, 0.05) is 0 Å². The Hall–Kier alpha value is -3.48. The minimum absolute atomic E-state index is 0.0752. The van der Waals surface area contributed by atoms with Gasteiger partial charge < -0.3 is 10.1 Å². The summed E-state index contributed by atoms with van der Waals surface area (Å²) in [5.41, 5.74) is 1.25. The molecule has 1 N–H and O–H groups in total. The maximum Gasteiger partial charge on any atom is 0.412 e. The van der Waals surface area contributed by atoms with Crippen LogP contribution < -0.4 is 5.32 Å². The highest BCUT2D eigenvalue weighted by Gasteiger charge is 2.36. The van der Waals surface area contributed by atoms with Crippen molar-refractivity contribution in [3.63, 3.8) is 0 Å². The quantitative estimate of drug-likeness (QED) is 0.614. The lowest BCUT2D eigenvalue weighted by Crippen LogP contribution is -2.47. The number of imide groups is 1. The van der Waals surface area contributed by atoms with E-state index in [9.17, 15) is 18.8 Å². The molecule has 1 heterocycles. The molecule has 0 saturated heterocycles. The Kier molecular flexibility index (Phi) is 5.54. The lowest BCUT2D eigenvalue weighted by atomic mass is 10.1. The van der Waals surface area contributed by atoms with Crippen molar-refractivity contribution in [2.75, 3.05) is 6.54 Å². The average molecular weight is 382 g/mol. The van der Waals surface area contributed by atoms with Crippen LogP contribution in [0.2, 0.25) is 0 Å². The van der Waals surface area contributed by atoms with Crippen molar-refractivity contribution in [1.82, 2.24) is 10.2 Å². The molecular weight excluding hydrogens is 363 g/mol. The van der Waals surface area contributed by atoms with Gasteiger partial charge in [-0.05, 0) is 43.2 Å². The van der Waals surface area contributed by atoms with Gasteiger partial charge >= 0.3 is 6.09 Å². The molecule has 0 spiro atoms. The zero-order valence-corrected chi connectivity index (χ0v) is 15.3. The third-order valence-electron chi connectivity index (χ3n) is 4.24. The third kappa shape index (κ3) is 4.25. The number of hydrogen-bond acceptors (Lipinski definition) is 4. The van der Waals surface area contributed by atoms with Crippen molar-refractivity contribution in [2.45, 2.75) is 19.4 Å². The largest absolute Gasteiger partial charge is 0.416 e. The summed E-state index contributed by atoms with van der Waals surface area (Å²) in [6.07, 6.45) is -0.554. The molecule has 1 aliphatic heterocycles. The Bertz CT molecular complexity index is 922. The van der Waals surface area contributed by atoms with E-state index in [0.29, 0.717) is 16.7 Å². The summed E-state index contributed by atoms with van der Waals surface area (Å²) >= 11 is 0. The molecule has 0 fully saturated rings. The van der Waals surface area contributed by atoms with E-state index in [1.807, 2.05) is 0 Å². The SMILES string of the molecule is C=C(C)OC(=O)N[C@@H](Cc1cccc(F)c1)CN1C(=O)c2ccccc2C1=O. The molecule has 0 saturated carbocycles. The Morgan fingerprint density at radius 1 is 1.14 bits per heavy atom. The number of nitrogens with zero attached hydrogens (tertiary/aromatic N) is 1. The maximum atomic E-state index is 13.5. The summed E-state index contributed by atoms with van der Waals surface area (Å²) in [6, 6.07) is 11.8. The van der Waals surface area contributed by atoms with Crippen LogP contribution in [0.3, 0.4) is 0 Å². The molecule has 6 nitrogen and oxygen atoms in total. The van der Waals surface area contributed by atoms with E-state index in [-0.39, 0.29) is 18.7 Å². The van der Waals surface area contributed by atoms with Gasteiger partial charge in [-0.3, -0.25) is 14.5 Å². The molecule has 28 heavy (non-hydrogen) atoms. The molecule has 1 atom stereocenters. The molecule has 3 rings (SSSR count). The standard InChI is InChI=1S/C21H19FN2O4/c1-13(2)28-21(27)23-16(11-14-6-5-7-15(22)10-14)12-24-19(25)17-8-3-4-9-18(17)20(24)26/h3-10,16H,1,11-12H2,2H3,(H,23,27)/t16-/m0/s1. The average Bonchev–Trinajstić information content (AvgIpc) is 2.86. The van der Waals surface area contributed by atoms with E-state index >= 15 is 0 Å². The zero-order valence-electron chi connectivity index (χ0n) is 15.3. The predicted molar refractivity (Wildman–Crippen MR) is 100 cm³/mol. The summed E-state index contributed by atoms with van der Waals surface area (Å²) in [5, 5.41) is 2.62. The fraction of sp³-hybridized carbons (Fsp3) is 0.190. The Morgan fingerprint density at radius 2 is 1.79 bits per heavy atom. The van der Waals surface area contributed by atoms with Gasteiger partial charge in [-0.2, -0.15) is 0 Å². The van der Waals surface area contributed by atoms with Gasteiger partial charge in [-0.15, -0.1) is 0 Å². The van der Waals surface area contributed by atoms with E-state index in [0.717, 1.165) is 4.90 Å². The highest BCUT2D eigenvalue weighted by atomic mass is 19.1. The number of amides is 3. The first kappa shape index (κ1) is 19.3. The summed E-state index contributed by atoms with van der Waals surface area (Å²) in [7, 11) is 0. The van der Waals surface area contributed by atoms with Crippen LogP contribution in [-0.4, -0.2) is 35.4 Å². The lowest BCUT2D eigenvalue weighted by Gasteiger charge is -2.23. The van der Waals surface area contributed by atoms with Crippen LogP contribution in [0.1, 0.15) is 33.2 Å². The second kappa shape index (κ2) is 8.04. The Balaban J connectivity index is 1.80. The molecule has 2 aromatic rings. The number of carbonyl (C=O) groups excluding carboxylic acids is 3. The van der Waals surface area contributed by atoms with Gasteiger partial charge in [0.1, 0.15) is 5.82 Å². The second-order valence-electron chi connectivity index (χ2n) is 6.53. The molecule has 0 radical (unpaired) electrons. The van der Waals surface area contributed by atoms with Gasteiger partial charge in [0.2, 0.25) is 0 Å². The third-order valence-corrected chi connectivity index (χ3v) is 4.24. The van der Waals surface area contributed by atoms with Crippen molar-refractivity contribution in [3.05, 3.63) is 83.4 Å². The minimum Gasteiger partial charge on any atom is -0.416 e. The van der Waals surface area contributed by atoms with Gasteiger partial charge in [0.05, 0.1) is 29.5 Å². The van der Waals surface area contributed by atoms with E-state index in [1.54, 1.807) is 36.4 Å². The fourth-order valence-corrected chi connectivity index (χ4v) is 3.09. The van der Waals surface area contributed by atoms with Crippen molar-refractivity contribution in [3.8, 4) is 0 Å². The smallest absolute Gasteiger partial charge is 0.412 e. The second-order valence-corrected chi connectivity index (χ2v) is 6.53. The van der Waals surface area contributed by atoms with Crippen LogP contribution in [-0.2, 0) is 11.2 Å². The van der Waals surface area contributed by atoms with E-state index in [1.165, 1.54) is 19.1 Å². The topological polar surface area (TPSA) is 75.7 Å². The monoisotopic (exact) mass is 382 g/mol. The summed E-state index contributed by atoms with van der Waals surface area (Å²) in [6.45, 7) is 4.95. The Labute approximate surface area is 161 Å². The molecule has 144 valence electrons. The number of carbonyl (C=O) groups is 3. The van der Waals surface area contributed by atoms with E-state index in [4.69, 9.17) is 4.74 Å². The van der Waals surface area contributed by atoms with E-state index in [2.05, 4.69) is 11.9 Å². The number of ether oxygens (including phenoxy) is 1. The van der Waals surface area contributed by atoms with Crippen molar-refractivity contribution < 1.29 is 23.5 Å². The number of allylic oxidation sites excluding steroid dienone is 1. The molecule has 3 amide bonds. The van der Waals surface area contributed by atoms with Crippen LogP contribution in [0.4, 0.5) is 9.18 Å². The molecule has 0 aliphatic carbocycles. The number of fused-ring (bicyclic) bond motifs is 1. The number of rotatable bonds is 6. The molecule has 0 unspecified atom stereocenters. The highest BCUT2D eigenvalue weighted by Crippen LogP contribution is 2.23. The van der Waals surface area contributed by atoms with Crippen LogP contribution in [0.15, 0.2) is 60.9 Å². The molecule has 2 aromatic carbocycles. The number of nitrogens with one attached hydrogen (secondary N) is 1. The van der Waals surface area contributed by atoms with E-state index < -0.39 is 29.8 Å². The summed E-state index contributed by atoms with van der Waals surface area (Å²) < 4.78 is 18.4. The maximum absolute atomic E-state index is 13.5. The number of benzene rings is 2. The van der Waals surface area contributed by atoms with Crippen molar-refractivity contribution in [2.24, 2.45) is 0 Å². The first-order chi connectivity index (χ1) is 13.3. The van der Waals surface area contributed by atoms with Gasteiger partial charge in [-0.25, -0.2) is 9.18 Å².